The summed E-state index contributed by atoms with van der Waals surface area (Å²) in [7, 11) is 0. The summed E-state index contributed by atoms with van der Waals surface area (Å²) in [5.74, 6) is -0.726. The Bertz CT molecular complexity index is 647. The zero-order valence-electron chi connectivity index (χ0n) is 10.6. The van der Waals surface area contributed by atoms with E-state index in [1.807, 2.05) is 0 Å². The van der Waals surface area contributed by atoms with Crippen molar-refractivity contribution in [2.24, 2.45) is 5.73 Å². The SMILES string of the molecule is C[C@H](N)c1cccnc1Oc1cc(F)ccc1[N+](=O)[O-]. The highest BCUT2D eigenvalue weighted by Gasteiger charge is 2.19. The molecule has 6 nitrogen and oxygen atoms in total. The second-order valence-electron chi connectivity index (χ2n) is 4.16. The first-order valence-corrected chi connectivity index (χ1v) is 5.81. The summed E-state index contributed by atoms with van der Waals surface area (Å²) in [5, 5.41) is 10.9. The first kappa shape index (κ1) is 13.9. The topological polar surface area (TPSA) is 91.3 Å². The van der Waals surface area contributed by atoms with E-state index in [0.29, 0.717) is 5.56 Å². The highest BCUT2D eigenvalue weighted by atomic mass is 19.1. The molecule has 2 rings (SSSR count). The van der Waals surface area contributed by atoms with Gasteiger partial charge in [-0.3, -0.25) is 10.1 Å². The Balaban J connectivity index is 2.45. The zero-order chi connectivity index (χ0) is 14.7. The average molecular weight is 277 g/mol. The quantitative estimate of drug-likeness (QED) is 0.685. The maximum atomic E-state index is 13.2. The summed E-state index contributed by atoms with van der Waals surface area (Å²) in [5.41, 5.74) is 6.00. The largest absolute Gasteiger partial charge is 0.431 e. The van der Waals surface area contributed by atoms with E-state index >= 15 is 0 Å². The van der Waals surface area contributed by atoms with Crippen molar-refractivity contribution in [2.45, 2.75) is 13.0 Å². The van der Waals surface area contributed by atoms with Gasteiger partial charge in [0.05, 0.1) is 4.92 Å². The molecule has 0 unspecified atom stereocenters. The Morgan fingerprint density at radius 3 is 2.85 bits per heavy atom. The molecule has 1 aromatic heterocycles. The number of benzene rings is 1. The molecule has 0 aliphatic heterocycles. The van der Waals surface area contributed by atoms with Crippen LogP contribution in [-0.2, 0) is 0 Å². The van der Waals surface area contributed by atoms with Crippen molar-refractivity contribution < 1.29 is 14.1 Å². The molecule has 0 fully saturated rings. The lowest BCUT2D eigenvalue weighted by molar-refractivity contribution is -0.385. The second kappa shape index (κ2) is 5.62. The van der Waals surface area contributed by atoms with Gasteiger partial charge in [0, 0.05) is 29.9 Å². The molecular weight excluding hydrogens is 265 g/mol. The van der Waals surface area contributed by atoms with E-state index in [1.165, 1.54) is 6.20 Å². The summed E-state index contributed by atoms with van der Waals surface area (Å²) in [6.45, 7) is 1.73. The first-order valence-electron chi connectivity index (χ1n) is 5.81. The highest BCUT2D eigenvalue weighted by Crippen LogP contribution is 2.33. The van der Waals surface area contributed by atoms with Gasteiger partial charge in [-0.2, -0.15) is 0 Å². The minimum atomic E-state index is -0.650. The molecule has 0 bridgehead atoms. The maximum Gasteiger partial charge on any atom is 0.311 e. The number of nitro groups is 1. The Hall–Kier alpha value is -2.54. The van der Waals surface area contributed by atoms with Crippen LogP contribution in [0.1, 0.15) is 18.5 Å². The molecule has 0 radical (unpaired) electrons. The number of hydrogen-bond donors (Lipinski definition) is 1. The summed E-state index contributed by atoms with van der Waals surface area (Å²) in [6.07, 6.45) is 1.46. The standard InChI is InChI=1S/C13H12FN3O3/c1-8(15)10-3-2-6-16-13(10)20-12-7-9(14)4-5-11(12)17(18)19/h2-8H,15H2,1H3/t8-/m0/s1. The van der Waals surface area contributed by atoms with Gasteiger partial charge in [0.1, 0.15) is 5.82 Å². The lowest BCUT2D eigenvalue weighted by Gasteiger charge is -2.12. The normalized spacial score (nSPS) is 11.9. The van der Waals surface area contributed by atoms with Gasteiger partial charge in [0.2, 0.25) is 11.6 Å². The molecule has 20 heavy (non-hydrogen) atoms. The molecule has 1 atom stereocenters. The van der Waals surface area contributed by atoms with E-state index < -0.39 is 10.7 Å². The fraction of sp³-hybridized carbons (Fsp3) is 0.154. The predicted molar refractivity (Wildman–Crippen MR) is 70.0 cm³/mol. The van der Waals surface area contributed by atoms with Gasteiger partial charge in [-0.15, -0.1) is 0 Å². The van der Waals surface area contributed by atoms with Gasteiger partial charge < -0.3 is 10.5 Å². The van der Waals surface area contributed by atoms with Crippen LogP contribution in [0.15, 0.2) is 36.5 Å². The summed E-state index contributed by atoms with van der Waals surface area (Å²) in [6, 6.07) is 5.97. The maximum absolute atomic E-state index is 13.2. The molecule has 0 spiro atoms. The van der Waals surface area contributed by atoms with Crippen LogP contribution in [0, 0.1) is 15.9 Å². The molecule has 0 aliphatic carbocycles. The number of rotatable bonds is 4. The smallest absolute Gasteiger partial charge is 0.311 e. The van der Waals surface area contributed by atoms with E-state index in [-0.39, 0.29) is 23.4 Å². The number of nitro benzene ring substituents is 1. The van der Waals surface area contributed by atoms with Crippen molar-refractivity contribution in [3.05, 3.63) is 58.0 Å². The van der Waals surface area contributed by atoms with Crippen LogP contribution in [0.25, 0.3) is 0 Å². The van der Waals surface area contributed by atoms with Gasteiger partial charge in [0.25, 0.3) is 0 Å². The molecule has 0 saturated heterocycles. The van der Waals surface area contributed by atoms with Crippen LogP contribution in [0.5, 0.6) is 11.6 Å². The molecule has 1 heterocycles. The van der Waals surface area contributed by atoms with Gasteiger partial charge in [-0.25, -0.2) is 9.37 Å². The Kier molecular flexibility index (Phi) is 3.90. The fourth-order valence-corrected chi connectivity index (χ4v) is 1.66. The van der Waals surface area contributed by atoms with Crippen LogP contribution in [-0.4, -0.2) is 9.91 Å². The number of halogens is 1. The number of nitrogens with zero attached hydrogens (tertiary/aromatic N) is 2. The molecule has 2 aromatic rings. The lowest BCUT2D eigenvalue weighted by Crippen LogP contribution is -2.07. The van der Waals surface area contributed by atoms with Gasteiger partial charge in [-0.1, -0.05) is 6.07 Å². The van der Waals surface area contributed by atoms with Crippen molar-refractivity contribution in [1.82, 2.24) is 4.98 Å². The molecule has 104 valence electrons. The van der Waals surface area contributed by atoms with Crippen molar-refractivity contribution in [3.63, 3.8) is 0 Å². The summed E-state index contributed by atoms with van der Waals surface area (Å²) < 4.78 is 18.6. The Morgan fingerprint density at radius 1 is 1.45 bits per heavy atom. The minimum Gasteiger partial charge on any atom is -0.431 e. The zero-order valence-corrected chi connectivity index (χ0v) is 10.6. The van der Waals surface area contributed by atoms with E-state index in [9.17, 15) is 14.5 Å². The molecule has 1 aromatic carbocycles. The number of nitrogens with two attached hydrogens (primary N) is 1. The van der Waals surface area contributed by atoms with E-state index in [1.54, 1.807) is 19.1 Å². The van der Waals surface area contributed by atoms with Crippen molar-refractivity contribution >= 4 is 5.69 Å². The van der Waals surface area contributed by atoms with Crippen LogP contribution >= 0.6 is 0 Å². The van der Waals surface area contributed by atoms with Crippen molar-refractivity contribution in [3.8, 4) is 11.6 Å². The molecule has 0 aliphatic rings. The fourth-order valence-electron chi connectivity index (χ4n) is 1.66. The van der Waals surface area contributed by atoms with Gasteiger partial charge >= 0.3 is 5.69 Å². The molecule has 0 saturated carbocycles. The van der Waals surface area contributed by atoms with Crippen LogP contribution in [0.4, 0.5) is 10.1 Å². The second-order valence-corrected chi connectivity index (χ2v) is 4.16. The predicted octanol–water partition coefficient (Wildman–Crippen LogP) is 2.94. The van der Waals surface area contributed by atoms with E-state index in [2.05, 4.69) is 4.98 Å². The third kappa shape index (κ3) is 2.89. The molecule has 2 N–H and O–H groups in total. The third-order valence-electron chi connectivity index (χ3n) is 2.62. The van der Waals surface area contributed by atoms with Crippen molar-refractivity contribution in [1.29, 1.82) is 0 Å². The third-order valence-corrected chi connectivity index (χ3v) is 2.62. The summed E-state index contributed by atoms with van der Waals surface area (Å²) >= 11 is 0. The number of ether oxygens (including phenoxy) is 1. The number of pyridine rings is 1. The minimum absolute atomic E-state index is 0.121. The van der Waals surface area contributed by atoms with Crippen molar-refractivity contribution in [2.75, 3.05) is 0 Å². The van der Waals surface area contributed by atoms with Crippen LogP contribution < -0.4 is 10.5 Å². The van der Waals surface area contributed by atoms with Crippen LogP contribution in [0.2, 0.25) is 0 Å². The van der Waals surface area contributed by atoms with Crippen LogP contribution in [0.3, 0.4) is 0 Å². The Morgan fingerprint density at radius 2 is 2.20 bits per heavy atom. The number of hydrogen-bond acceptors (Lipinski definition) is 5. The molecule has 7 heteroatoms. The van der Waals surface area contributed by atoms with E-state index in [0.717, 1.165) is 18.2 Å². The van der Waals surface area contributed by atoms with Gasteiger partial charge in [0.15, 0.2) is 0 Å². The number of aromatic nitrogens is 1. The summed E-state index contributed by atoms with van der Waals surface area (Å²) in [4.78, 5) is 14.2. The molecular formula is C13H12FN3O3. The van der Waals surface area contributed by atoms with E-state index in [4.69, 9.17) is 10.5 Å². The monoisotopic (exact) mass is 277 g/mol. The highest BCUT2D eigenvalue weighted by molar-refractivity contribution is 5.48. The lowest BCUT2D eigenvalue weighted by atomic mass is 10.1. The average Bonchev–Trinajstić information content (AvgIpc) is 2.38. The first-order chi connectivity index (χ1) is 9.49. The molecule has 0 amide bonds. The van der Waals surface area contributed by atoms with Gasteiger partial charge in [-0.05, 0) is 19.1 Å². The Labute approximate surface area is 114 Å².